The van der Waals surface area contributed by atoms with Gasteiger partial charge in [0, 0.05) is 5.69 Å². The number of anilines is 2. The Morgan fingerprint density at radius 2 is 1.47 bits per heavy atom. The summed E-state index contributed by atoms with van der Waals surface area (Å²) in [5.41, 5.74) is 1.05. The number of rotatable bonds is 6. The lowest BCUT2D eigenvalue weighted by molar-refractivity contribution is -0.136. The predicted octanol–water partition coefficient (Wildman–Crippen LogP) is 4.76. The molecule has 0 heterocycles. The molecule has 0 spiro atoms. The van der Waals surface area contributed by atoms with Gasteiger partial charge in [0.2, 0.25) is 11.8 Å². The Bertz CT molecular complexity index is 1070. The Hall–Kier alpha value is -3.91. The van der Waals surface area contributed by atoms with Crippen molar-refractivity contribution >= 4 is 23.2 Å². The van der Waals surface area contributed by atoms with E-state index in [1.807, 2.05) is 60.7 Å². The van der Waals surface area contributed by atoms with E-state index in [2.05, 4.69) is 11.4 Å². The minimum atomic E-state index is -1.35. The molecule has 0 radical (unpaired) electrons. The Kier molecular flexibility index (Phi) is 6.29. The van der Waals surface area contributed by atoms with E-state index in [1.54, 1.807) is 43.0 Å². The van der Waals surface area contributed by atoms with Gasteiger partial charge in [-0.05, 0) is 43.7 Å². The summed E-state index contributed by atoms with van der Waals surface area (Å²) in [5, 5.41) is 12.0. The third-order valence-electron chi connectivity index (χ3n) is 4.89. The fraction of sp³-hybridized carbons (Fsp3) is 0.160. The van der Waals surface area contributed by atoms with Gasteiger partial charge in [-0.1, -0.05) is 60.7 Å². The van der Waals surface area contributed by atoms with Gasteiger partial charge in [0.15, 0.2) is 0 Å². The Morgan fingerprint density at radius 1 is 0.900 bits per heavy atom. The van der Waals surface area contributed by atoms with Crippen LogP contribution >= 0.6 is 0 Å². The van der Waals surface area contributed by atoms with E-state index in [-0.39, 0.29) is 5.91 Å². The number of hydrogen-bond acceptors (Lipinski definition) is 3. The standard InChI is InChI=1S/C25H23N3O2/c1-25(2,23(29)27-22-16-10-9-13-20(22)17-26)24(30)28(21-14-7-4-8-15-21)18-19-11-5-3-6-12-19/h3-16H,18H2,1-2H3,(H,27,29). The van der Waals surface area contributed by atoms with Crippen molar-refractivity contribution in [3.63, 3.8) is 0 Å². The number of hydrogen-bond donors (Lipinski definition) is 1. The van der Waals surface area contributed by atoms with Crippen LogP contribution in [-0.4, -0.2) is 11.8 Å². The van der Waals surface area contributed by atoms with Crippen LogP contribution in [0.25, 0.3) is 0 Å². The lowest BCUT2D eigenvalue weighted by atomic mass is 9.89. The van der Waals surface area contributed by atoms with Crippen molar-refractivity contribution < 1.29 is 9.59 Å². The molecule has 0 bridgehead atoms. The van der Waals surface area contributed by atoms with E-state index in [9.17, 15) is 14.9 Å². The number of para-hydroxylation sites is 2. The van der Waals surface area contributed by atoms with Crippen molar-refractivity contribution in [2.75, 3.05) is 10.2 Å². The molecule has 1 N–H and O–H groups in total. The van der Waals surface area contributed by atoms with Crippen LogP contribution in [0.1, 0.15) is 25.0 Å². The molecular weight excluding hydrogens is 374 g/mol. The Balaban J connectivity index is 1.90. The number of nitrogens with one attached hydrogen (secondary N) is 1. The second-order valence-corrected chi connectivity index (χ2v) is 7.45. The molecule has 3 aromatic rings. The lowest BCUT2D eigenvalue weighted by Gasteiger charge is -2.31. The van der Waals surface area contributed by atoms with Crippen LogP contribution in [0, 0.1) is 16.7 Å². The summed E-state index contributed by atoms with van der Waals surface area (Å²) >= 11 is 0. The first-order valence-electron chi connectivity index (χ1n) is 9.65. The highest BCUT2D eigenvalue weighted by Crippen LogP contribution is 2.28. The van der Waals surface area contributed by atoms with Crippen LogP contribution in [-0.2, 0) is 16.1 Å². The van der Waals surface area contributed by atoms with Crippen molar-refractivity contribution in [1.82, 2.24) is 0 Å². The number of nitrogens with zero attached hydrogens (tertiary/aromatic N) is 2. The number of carbonyl (C=O) groups is 2. The average Bonchev–Trinajstić information content (AvgIpc) is 2.78. The van der Waals surface area contributed by atoms with Gasteiger partial charge in [0.1, 0.15) is 11.5 Å². The maximum atomic E-state index is 13.6. The van der Waals surface area contributed by atoms with Crippen molar-refractivity contribution in [3.8, 4) is 6.07 Å². The first-order chi connectivity index (χ1) is 14.4. The van der Waals surface area contributed by atoms with Crippen LogP contribution in [0.4, 0.5) is 11.4 Å². The molecule has 3 rings (SSSR count). The third-order valence-corrected chi connectivity index (χ3v) is 4.89. The zero-order valence-electron chi connectivity index (χ0n) is 17.0. The molecule has 0 fully saturated rings. The minimum Gasteiger partial charge on any atom is -0.324 e. The SMILES string of the molecule is CC(C)(C(=O)Nc1ccccc1C#N)C(=O)N(Cc1ccccc1)c1ccccc1. The maximum Gasteiger partial charge on any atom is 0.242 e. The van der Waals surface area contributed by atoms with Crippen LogP contribution in [0.2, 0.25) is 0 Å². The molecule has 0 unspecified atom stereocenters. The summed E-state index contributed by atoms with van der Waals surface area (Å²) in [6.07, 6.45) is 0. The van der Waals surface area contributed by atoms with Crippen molar-refractivity contribution in [3.05, 3.63) is 96.1 Å². The summed E-state index contributed by atoms with van der Waals surface area (Å²) < 4.78 is 0. The zero-order chi connectivity index (χ0) is 21.6. The molecule has 0 aliphatic heterocycles. The lowest BCUT2D eigenvalue weighted by Crippen LogP contribution is -2.47. The molecule has 5 nitrogen and oxygen atoms in total. The molecule has 5 heteroatoms. The molecular formula is C25H23N3O2. The molecule has 2 amide bonds. The summed E-state index contributed by atoms with van der Waals surface area (Å²) in [6, 6.07) is 27.7. The fourth-order valence-corrected chi connectivity index (χ4v) is 3.06. The molecule has 0 aliphatic carbocycles. The van der Waals surface area contributed by atoms with Gasteiger partial charge in [0.25, 0.3) is 0 Å². The third kappa shape index (κ3) is 4.56. The monoisotopic (exact) mass is 397 g/mol. The molecule has 0 saturated heterocycles. The molecule has 30 heavy (non-hydrogen) atoms. The van der Waals surface area contributed by atoms with Gasteiger partial charge in [-0.25, -0.2) is 0 Å². The molecule has 0 aromatic heterocycles. The highest BCUT2D eigenvalue weighted by molar-refractivity contribution is 6.15. The molecule has 0 atom stereocenters. The predicted molar refractivity (Wildman–Crippen MR) is 118 cm³/mol. The summed E-state index contributed by atoms with van der Waals surface area (Å²) in [4.78, 5) is 28.2. The smallest absolute Gasteiger partial charge is 0.242 e. The van der Waals surface area contributed by atoms with Gasteiger partial charge >= 0.3 is 0 Å². The molecule has 0 saturated carbocycles. The number of nitriles is 1. The highest BCUT2D eigenvalue weighted by Gasteiger charge is 2.40. The van der Waals surface area contributed by atoms with Gasteiger partial charge in [-0.3, -0.25) is 9.59 Å². The van der Waals surface area contributed by atoms with Crippen molar-refractivity contribution in [1.29, 1.82) is 5.26 Å². The van der Waals surface area contributed by atoms with Crippen LogP contribution < -0.4 is 10.2 Å². The Morgan fingerprint density at radius 3 is 2.10 bits per heavy atom. The number of carbonyl (C=O) groups excluding carboxylic acids is 2. The zero-order valence-corrected chi connectivity index (χ0v) is 17.0. The first kappa shape index (κ1) is 20.8. The second kappa shape index (κ2) is 9.06. The van der Waals surface area contributed by atoms with Gasteiger partial charge in [0.05, 0.1) is 17.8 Å². The second-order valence-electron chi connectivity index (χ2n) is 7.45. The molecule has 3 aromatic carbocycles. The van der Waals surface area contributed by atoms with Gasteiger partial charge < -0.3 is 10.2 Å². The molecule has 0 aliphatic rings. The molecule has 150 valence electrons. The van der Waals surface area contributed by atoms with Crippen LogP contribution in [0.3, 0.4) is 0 Å². The van der Waals surface area contributed by atoms with Crippen molar-refractivity contribution in [2.45, 2.75) is 20.4 Å². The Labute approximate surface area is 176 Å². The van der Waals surface area contributed by atoms with Crippen LogP contribution in [0.5, 0.6) is 0 Å². The summed E-state index contributed by atoms with van der Waals surface area (Å²) in [5.74, 6) is -0.798. The van der Waals surface area contributed by atoms with Gasteiger partial charge in [-0.15, -0.1) is 0 Å². The normalized spacial score (nSPS) is 10.7. The van der Waals surface area contributed by atoms with Gasteiger partial charge in [-0.2, -0.15) is 5.26 Å². The highest BCUT2D eigenvalue weighted by atomic mass is 16.2. The largest absolute Gasteiger partial charge is 0.324 e. The van der Waals surface area contributed by atoms with E-state index in [1.165, 1.54) is 0 Å². The average molecular weight is 397 g/mol. The van der Waals surface area contributed by atoms with Crippen molar-refractivity contribution in [2.24, 2.45) is 5.41 Å². The van der Waals surface area contributed by atoms with E-state index in [0.29, 0.717) is 23.5 Å². The maximum absolute atomic E-state index is 13.6. The minimum absolute atomic E-state index is 0.329. The first-order valence-corrected chi connectivity index (χ1v) is 9.65. The van der Waals surface area contributed by atoms with E-state index in [4.69, 9.17) is 0 Å². The van der Waals surface area contributed by atoms with E-state index < -0.39 is 11.3 Å². The summed E-state index contributed by atoms with van der Waals surface area (Å²) in [6.45, 7) is 3.54. The topological polar surface area (TPSA) is 73.2 Å². The number of benzene rings is 3. The van der Waals surface area contributed by atoms with E-state index in [0.717, 1.165) is 5.56 Å². The number of amides is 2. The summed E-state index contributed by atoms with van der Waals surface area (Å²) in [7, 11) is 0. The quantitative estimate of drug-likeness (QED) is 0.610. The van der Waals surface area contributed by atoms with E-state index >= 15 is 0 Å². The fourth-order valence-electron chi connectivity index (χ4n) is 3.06. The van der Waals surface area contributed by atoms with Crippen LogP contribution in [0.15, 0.2) is 84.9 Å².